The number of hydrogen-bond donors (Lipinski definition) is 0. The van der Waals surface area contributed by atoms with Gasteiger partial charge < -0.3 is 14.4 Å². The molecule has 1 fully saturated rings. The zero-order valence-corrected chi connectivity index (χ0v) is 15.6. The van der Waals surface area contributed by atoms with Crippen LogP contribution in [0, 0.1) is 0 Å². The second kappa shape index (κ2) is 7.23. The second-order valence-corrected chi connectivity index (χ2v) is 7.78. The molecule has 0 aromatic rings. The largest absolute Gasteiger partial charge is 0.444 e. The molecule has 3 amide bonds. The van der Waals surface area contributed by atoms with Gasteiger partial charge in [0.25, 0.3) is 5.91 Å². The van der Waals surface area contributed by atoms with E-state index < -0.39 is 23.4 Å². The molecule has 1 aliphatic rings. The van der Waals surface area contributed by atoms with E-state index in [1.165, 1.54) is 4.90 Å². The zero-order chi connectivity index (χ0) is 18.7. The van der Waals surface area contributed by atoms with Gasteiger partial charge in [-0.2, -0.15) is 0 Å². The molecule has 1 saturated heterocycles. The predicted octanol–water partition coefficient (Wildman–Crippen LogP) is 2.95. The van der Waals surface area contributed by atoms with E-state index in [4.69, 9.17) is 9.47 Å². The monoisotopic (exact) mass is 340 g/mol. The highest BCUT2D eigenvalue weighted by Crippen LogP contribution is 2.20. The van der Waals surface area contributed by atoms with E-state index in [1.807, 2.05) is 0 Å². The van der Waals surface area contributed by atoms with Gasteiger partial charge in [-0.05, 0) is 48.0 Å². The molecule has 1 aliphatic heterocycles. The highest BCUT2D eigenvalue weighted by Gasteiger charge is 2.34. The van der Waals surface area contributed by atoms with E-state index in [1.54, 1.807) is 54.7 Å². The van der Waals surface area contributed by atoms with Gasteiger partial charge in [0, 0.05) is 25.7 Å². The summed E-state index contributed by atoms with van der Waals surface area (Å²) in [4.78, 5) is 38.6. The summed E-state index contributed by atoms with van der Waals surface area (Å²) in [5, 5.41) is 0. The van der Waals surface area contributed by atoms with Crippen molar-refractivity contribution in [2.24, 2.45) is 0 Å². The first-order valence-corrected chi connectivity index (χ1v) is 7.98. The van der Waals surface area contributed by atoms with Gasteiger partial charge in [-0.1, -0.05) is 6.08 Å². The van der Waals surface area contributed by atoms with Crippen molar-refractivity contribution in [1.29, 1.82) is 0 Å². The topological polar surface area (TPSA) is 76.2 Å². The molecular weight excluding hydrogens is 312 g/mol. The fraction of sp³-hybridized carbons (Fsp3) is 0.706. The Balaban J connectivity index is 2.63. The standard InChI is InChI=1S/C17H28N2O5/c1-16(2,3)23-14(21)18(7)10-8-12-9-11-19(13(12)20)15(22)24-17(4,5)6/h8H,9-11H2,1-7H3/b12-8+. The molecule has 1 heterocycles. The quantitative estimate of drug-likeness (QED) is 0.722. The molecule has 0 saturated carbocycles. The molecule has 0 N–H and O–H groups in total. The molecule has 0 radical (unpaired) electrons. The number of nitrogens with zero attached hydrogens (tertiary/aromatic N) is 2. The molecule has 1 rings (SSSR count). The molecule has 136 valence electrons. The maximum Gasteiger partial charge on any atom is 0.417 e. The van der Waals surface area contributed by atoms with Crippen LogP contribution in [0.3, 0.4) is 0 Å². The Morgan fingerprint density at radius 2 is 1.67 bits per heavy atom. The molecule has 24 heavy (non-hydrogen) atoms. The van der Waals surface area contributed by atoms with Gasteiger partial charge in [-0.3, -0.25) is 4.79 Å². The fourth-order valence-corrected chi connectivity index (χ4v) is 1.96. The van der Waals surface area contributed by atoms with Crippen molar-refractivity contribution >= 4 is 18.1 Å². The second-order valence-electron chi connectivity index (χ2n) is 7.78. The summed E-state index contributed by atoms with van der Waals surface area (Å²) in [5.41, 5.74) is -0.730. The summed E-state index contributed by atoms with van der Waals surface area (Å²) in [6.07, 6.45) is 0.988. The van der Waals surface area contributed by atoms with Crippen LogP contribution in [0.4, 0.5) is 9.59 Å². The van der Waals surface area contributed by atoms with Crippen LogP contribution in [0.5, 0.6) is 0 Å². The zero-order valence-electron chi connectivity index (χ0n) is 15.6. The van der Waals surface area contributed by atoms with Crippen molar-refractivity contribution in [3.63, 3.8) is 0 Å². The number of likely N-dealkylation sites (tertiary alicyclic amines) is 1. The number of likely N-dealkylation sites (N-methyl/N-ethyl adjacent to an activating group) is 1. The van der Waals surface area contributed by atoms with Crippen molar-refractivity contribution in [3.8, 4) is 0 Å². The van der Waals surface area contributed by atoms with E-state index in [0.717, 1.165) is 4.90 Å². The number of rotatable bonds is 2. The van der Waals surface area contributed by atoms with Crippen LogP contribution in [0.25, 0.3) is 0 Å². The lowest BCUT2D eigenvalue weighted by molar-refractivity contribution is -0.124. The normalized spacial score (nSPS) is 17.2. The van der Waals surface area contributed by atoms with Crippen LogP contribution >= 0.6 is 0 Å². The number of carbonyl (C=O) groups excluding carboxylic acids is 3. The van der Waals surface area contributed by atoms with Crippen LogP contribution in [0.1, 0.15) is 48.0 Å². The highest BCUT2D eigenvalue weighted by atomic mass is 16.6. The number of carbonyl (C=O) groups is 3. The Morgan fingerprint density at radius 1 is 1.12 bits per heavy atom. The van der Waals surface area contributed by atoms with Gasteiger partial charge >= 0.3 is 12.2 Å². The Hall–Kier alpha value is -2.05. The van der Waals surface area contributed by atoms with Crippen LogP contribution in [0.15, 0.2) is 11.6 Å². The van der Waals surface area contributed by atoms with Gasteiger partial charge in [0.1, 0.15) is 11.2 Å². The van der Waals surface area contributed by atoms with Crippen molar-refractivity contribution in [2.75, 3.05) is 20.1 Å². The Labute approximate surface area is 143 Å². The Bertz CT molecular complexity index is 540. The molecule has 0 aliphatic carbocycles. The van der Waals surface area contributed by atoms with Crippen LogP contribution < -0.4 is 0 Å². The van der Waals surface area contributed by atoms with E-state index in [-0.39, 0.29) is 19.0 Å². The van der Waals surface area contributed by atoms with E-state index >= 15 is 0 Å². The predicted molar refractivity (Wildman–Crippen MR) is 89.5 cm³/mol. The minimum atomic E-state index is -0.652. The molecule has 0 aromatic heterocycles. The van der Waals surface area contributed by atoms with Crippen molar-refractivity contribution in [3.05, 3.63) is 11.6 Å². The molecule has 0 atom stereocenters. The van der Waals surface area contributed by atoms with Crippen LogP contribution in [0.2, 0.25) is 0 Å². The van der Waals surface area contributed by atoms with Crippen molar-refractivity contribution < 1.29 is 23.9 Å². The summed E-state index contributed by atoms with van der Waals surface area (Å²) < 4.78 is 10.5. The van der Waals surface area contributed by atoms with Gasteiger partial charge in [-0.15, -0.1) is 0 Å². The number of imide groups is 1. The first-order valence-electron chi connectivity index (χ1n) is 7.98. The Kier molecular flexibility index (Phi) is 6.03. The SMILES string of the molecule is CN(C/C=C1\CCN(C(=O)OC(C)(C)C)C1=O)C(=O)OC(C)(C)C. The fourth-order valence-electron chi connectivity index (χ4n) is 1.96. The minimum Gasteiger partial charge on any atom is -0.444 e. The van der Waals surface area contributed by atoms with Gasteiger partial charge in [0.05, 0.1) is 0 Å². The smallest absolute Gasteiger partial charge is 0.417 e. The van der Waals surface area contributed by atoms with Gasteiger partial charge in [0.15, 0.2) is 0 Å². The molecule has 7 heteroatoms. The molecule has 0 unspecified atom stereocenters. The first-order chi connectivity index (χ1) is 10.8. The summed E-state index contributed by atoms with van der Waals surface area (Å²) in [5.74, 6) is -0.373. The molecule has 7 nitrogen and oxygen atoms in total. The molecule has 0 bridgehead atoms. The van der Waals surface area contributed by atoms with Gasteiger partial charge in [-0.25, -0.2) is 14.5 Å². The summed E-state index contributed by atoms with van der Waals surface area (Å²) in [7, 11) is 1.59. The van der Waals surface area contributed by atoms with Crippen molar-refractivity contribution in [1.82, 2.24) is 9.80 Å². The maximum absolute atomic E-state index is 12.3. The van der Waals surface area contributed by atoms with Gasteiger partial charge in [0.2, 0.25) is 0 Å². The number of hydrogen-bond acceptors (Lipinski definition) is 5. The average Bonchev–Trinajstić information content (AvgIpc) is 2.73. The minimum absolute atomic E-state index is 0.234. The lowest BCUT2D eigenvalue weighted by Gasteiger charge is -2.24. The Morgan fingerprint density at radius 3 is 2.17 bits per heavy atom. The third-order valence-electron chi connectivity index (χ3n) is 3.06. The van der Waals surface area contributed by atoms with E-state index in [2.05, 4.69) is 0 Å². The summed E-state index contributed by atoms with van der Waals surface area (Å²) in [6.45, 7) is 11.1. The number of amides is 3. The lowest BCUT2D eigenvalue weighted by atomic mass is 10.2. The summed E-state index contributed by atoms with van der Waals surface area (Å²) >= 11 is 0. The highest BCUT2D eigenvalue weighted by molar-refractivity contribution is 6.04. The molecule has 0 spiro atoms. The molecule has 0 aromatic carbocycles. The number of ether oxygens (including phenoxy) is 2. The van der Waals surface area contributed by atoms with E-state index in [9.17, 15) is 14.4 Å². The van der Waals surface area contributed by atoms with E-state index in [0.29, 0.717) is 12.0 Å². The average molecular weight is 340 g/mol. The lowest BCUT2D eigenvalue weighted by Crippen LogP contribution is -2.37. The van der Waals surface area contributed by atoms with Crippen LogP contribution in [-0.4, -0.2) is 59.2 Å². The maximum atomic E-state index is 12.3. The molecular formula is C17H28N2O5. The first kappa shape index (κ1) is 20.0. The van der Waals surface area contributed by atoms with Crippen molar-refractivity contribution in [2.45, 2.75) is 59.2 Å². The third kappa shape index (κ3) is 6.22. The summed E-state index contributed by atoms with van der Waals surface area (Å²) in [6, 6.07) is 0. The van der Waals surface area contributed by atoms with Crippen LogP contribution in [-0.2, 0) is 14.3 Å². The third-order valence-corrected chi connectivity index (χ3v) is 3.06.